The van der Waals surface area contributed by atoms with E-state index in [0.717, 1.165) is 18.7 Å². The summed E-state index contributed by atoms with van der Waals surface area (Å²) in [7, 11) is 2.07. The van der Waals surface area contributed by atoms with Gasteiger partial charge in [-0.05, 0) is 30.0 Å². The van der Waals surface area contributed by atoms with Crippen LogP contribution in [0.3, 0.4) is 0 Å². The van der Waals surface area contributed by atoms with Crippen LogP contribution in [0.5, 0.6) is 0 Å². The number of carbonyl (C=O) groups excluding carboxylic acids is 1. The molecule has 0 aromatic heterocycles. The number of nitrogens with zero attached hydrogens (tertiary/aromatic N) is 1. The lowest BCUT2D eigenvalue weighted by Crippen LogP contribution is -2.39. The van der Waals surface area contributed by atoms with E-state index in [0.29, 0.717) is 0 Å². The summed E-state index contributed by atoms with van der Waals surface area (Å²) in [6.45, 7) is 4.93. The van der Waals surface area contributed by atoms with Gasteiger partial charge in [-0.2, -0.15) is 0 Å². The molecule has 98 valence electrons. The van der Waals surface area contributed by atoms with E-state index in [1.165, 1.54) is 11.3 Å². The molecule has 1 aromatic rings. The Morgan fingerprint density at radius 3 is 2.83 bits per heavy atom. The van der Waals surface area contributed by atoms with Crippen LogP contribution in [0, 0.1) is 5.92 Å². The van der Waals surface area contributed by atoms with Crippen molar-refractivity contribution >= 4 is 17.3 Å². The summed E-state index contributed by atoms with van der Waals surface area (Å²) < 4.78 is 0. The lowest BCUT2D eigenvalue weighted by atomic mass is 10.0. The zero-order valence-corrected chi connectivity index (χ0v) is 11.2. The molecule has 0 spiro atoms. The van der Waals surface area contributed by atoms with Gasteiger partial charge in [-0.25, -0.2) is 0 Å². The Bertz CT molecular complexity index is 456. The lowest BCUT2D eigenvalue weighted by Gasteiger charge is -2.17. The maximum absolute atomic E-state index is 11.9. The number of amides is 1. The number of hydrogen-bond donors (Lipinski definition) is 2. The van der Waals surface area contributed by atoms with Gasteiger partial charge in [0.1, 0.15) is 0 Å². The van der Waals surface area contributed by atoms with E-state index >= 15 is 0 Å². The highest BCUT2D eigenvalue weighted by Gasteiger charge is 2.19. The molecule has 1 amide bonds. The van der Waals surface area contributed by atoms with Crippen molar-refractivity contribution in [2.75, 3.05) is 23.8 Å². The molecular formula is C14H21N3O. The van der Waals surface area contributed by atoms with Gasteiger partial charge in [0, 0.05) is 25.0 Å². The average Bonchev–Trinajstić information content (AvgIpc) is 2.70. The molecule has 0 aliphatic carbocycles. The molecule has 4 nitrogen and oxygen atoms in total. The SMILES string of the molecule is CC(C)[C@H](N)C(=O)Nc1ccc2c(c1)N(C)CC2. The highest BCUT2D eigenvalue weighted by molar-refractivity contribution is 5.95. The van der Waals surface area contributed by atoms with E-state index in [-0.39, 0.29) is 11.8 Å². The van der Waals surface area contributed by atoms with E-state index in [2.05, 4.69) is 23.3 Å². The molecule has 0 bridgehead atoms. The minimum Gasteiger partial charge on any atom is -0.374 e. The topological polar surface area (TPSA) is 58.4 Å². The second-order valence-electron chi connectivity index (χ2n) is 5.27. The summed E-state index contributed by atoms with van der Waals surface area (Å²) in [6.07, 6.45) is 1.07. The number of benzene rings is 1. The maximum atomic E-state index is 11.9. The number of fused-ring (bicyclic) bond motifs is 1. The van der Waals surface area contributed by atoms with Crippen molar-refractivity contribution in [3.8, 4) is 0 Å². The van der Waals surface area contributed by atoms with Crippen LogP contribution in [0.25, 0.3) is 0 Å². The first-order valence-electron chi connectivity index (χ1n) is 6.39. The minimum atomic E-state index is -0.462. The van der Waals surface area contributed by atoms with E-state index in [1.807, 2.05) is 26.0 Å². The summed E-state index contributed by atoms with van der Waals surface area (Å²) in [6, 6.07) is 5.59. The van der Waals surface area contributed by atoms with Crippen LogP contribution < -0.4 is 16.0 Å². The summed E-state index contributed by atoms with van der Waals surface area (Å²) in [5, 5.41) is 2.88. The van der Waals surface area contributed by atoms with Crippen molar-refractivity contribution in [2.45, 2.75) is 26.3 Å². The average molecular weight is 247 g/mol. The Balaban J connectivity index is 2.11. The van der Waals surface area contributed by atoms with Crippen molar-refractivity contribution in [3.05, 3.63) is 23.8 Å². The zero-order valence-electron chi connectivity index (χ0n) is 11.2. The molecule has 4 heteroatoms. The monoisotopic (exact) mass is 247 g/mol. The Labute approximate surface area is 108 Å². The fourth-order valence-electron chi connectivity index (χ4n) is 2.15. The molecule has 2 rings (SSSR count). The molecule has 3 N–H and O–H groups in total. The third kappa shape index (κ3) is 2.48. The first-order chi connectivity index (χ1) is 8.49. The zero-order chi connectivity index (χ0) is 13.3. The molecule has 0 saturated heterocycles. The van der Waals surface area contributed by atoms with E-state index in [1.54, 1.807) is 0 Å². The molecule has 0 unspecified atom stereocenters. The molecule has 1 atom stereocenters. The smallest absolute Gasteiger partial charge is 0.241 e. The standard InChI is InChI=1S/C14H21N3O/c1-9(2)13(15)14(18)16-11-5-4-10-6-7-17(3)12(10)8-11/h4-5,8-9,13H,6-7,15H2,1-3H3,(H,16,18)/t13-/m0/s1. The summed E-state index contributed by atoms with van der Waals surface area (Å²) in [5.74, 6) is 0.0210. The van der Waals surface area contributed by atoms with Gasteiger partial charge >= 0.3 is 0 Å². The van der Waals surface area contributed by atoms with Crippen LogP contribution in [0.4, 0.5) is 11.4 Å². The summed E-state index contributed by atoms with van der Waals surface area (Å²) in [4.78, 5) is 14.1. The van der Waals surface area contributed by atoms with Gasteiger partial charge in [0.15, 0.2) is 0 Å². The highest BCUT2D eigenvalue weighted by Crippen LogP contribution is 2.29. The van der Waals surface area contributed by atoms with Gasteiger partial charge in [0.05, 0.1) is 6.04 Å². The van der Waals surface area contributed by atoms with Gasteiger partial charge in [-0.15, -0.1) is 0 Å². The molecule has 1 heterocycles. The third-order valence-electron chi connectivity index (χ3n) is 3.50. The van der Waals surface area contributed by atoms with Crippen molar-refractivity contribution in [1.82, 2.24) is 0 Å². The predicted molar refractivity (Wildman–Crippen MR) is 74.9 cm³/mol. The largest absolute Gasteiger partial charge is 0.374 e. The van der Waals surface area contributed by atoms with Gasteiger partial charge < -0.3 is 16.0 Å². The molecule has 0 radical (unpaired) electrons. The number of nitrogens with two attached hydrogens (primary N) is 1. The van der Waals surface area contributed by atoms with Gasteiger partial charge in [-0.1, -0.05) is 19.9 Å². The number of rotatable bonds is 3. The number of nitrogens with one attached hydrogen (secondary N) is 1. The van der Waals surface area contributed by atoms with Crippen molar-refractivity contribution in [2.24, 2.45) is 11.7 Å². The van der Waals surface area contributed by atoms with Crippen LogP contribution in [0.2, 0.25) is 0 Å². The molecule has 0 fully saturated rings. The van der Waals surface area contributed by atoms with Crippen molar-refractivity contribution in [3.63, 3.8) is 0 Å². The third-order valence-corrected chi connectivity index (χ3v) is 3.50. The normalized spacial score (nSPS) is 15.7. The quantitative estimate of drug-likeness (QED) is 0.853. The Morgan fingerprint density at radius 1 is 1.44 bits per heavy atom. The van der Waals surface area contributed by atoms with Crippen LogP contribution >= 0.6 is 0 Å². The summed E-state index contributed by atoms with van der Waals surface area (Å²) >= 11 is 0. The lowest BCUT2D eigenvalue weighted by molar-refractivity contribution is -0.118. The molecule has 1 aliphatic rings. The second-order valence-corrected chi connectivity index (χ2v) is 5.27. The van der Waals surface area contributed by atoms with E-state index in [9.17, 15) is 4.79 Å². The molecule has 18 heavy (non-hydrogen) atoms. The highest BCUT2D eigenvalue weighted by atomic mass is 16.2. The number of likely N-dealkylation sites (N-methyl/N-ethyl adjacent to an activating group) is 1. The first kappa shape index (κ1) is 12.9. The van der Waals surface area contributed by atoms with Crippen molar-refractivity contribution < 1.29 is 4.79 Å². The number of carbonyl (C=O) groups is 1. The molecule has 0 saturated carbocycles. The summed E-state index contributed by atoms with van der Waals surface area (Å²) in [5.41, 5.74) is 9.18. The fourth-order valence-corrected chi connectivity index (χ4v) is 2.15. The Hall–Kier alpha value is -1.55. The fraction of sp³-hybridized carbons (Fsp3) is 0.500. The van der Waals surface area contributed by atoms with Crippen LogP contribution in [0.15, 0.2) is 18.2 Å². The van der Waals surface area contributed by atoms with Gasteiger partial charge in [0.25, 0.3) is 0 Å². The molecular weight excluding hydrogens is 226 g/mol. The van der Waals surface area contributed by atoms with Crippen molar-refractivity contribution in [1.29, 1.82) is 0 Å². The first-order valence-corrected chi connectivity index (χ1v) is 6.39. The number of hydrogen-bond acceptors (Lipinski definition) is 3. The van der Waals surface area contributed by atoms with E-state index in [4.69, 9.17) is 5.73 Å². The van der Waals surface area contributed by atoms with Gasteiger partial charge in [0.2, 0.25) is 5.91 Å². The second kappa shape index (κ2) is 4.98. The van der Waals surface area contributed by atoms with Gasteiger partial charge in [-0.3, -0.25) is 4.79 Å². The van der Waals surface area contributed by atoms with Crippen LogP contribution in [0.1, 0.15) is 19.4 Å². The van der Waals surface area contributed by atoms with Crippen LogP contribution in [-0.4, -0.2) is 25.5 Å². The predicted octanol–water partition coefficient (Wildman–Crippen LogP) is 1.60. The van der Waals surface area contributed by atoms with E-state index < -0.39 is 6.04 Å². The maximum Gasteiger partial charge on any atom is 0.241 e. The molecule has 1 aliphatic heterocycles. The molecule has 1 aromatic carbocycles. The minimum absolute atomic E-state index is 0.120. The Kier molecular flexibility index (Phi) is 3.57. The van der Waals surface area contributed by atoms with Crippen LogP contribution in [-0.2, 0) is 11.2 Å². The number of anilines is 2. The Morgan fingerprint density at radius 2 is 2.17 bits per heavy atom.